The second-order valence-corrected chi connectivity index (χ2v) is 11.7. The SMILES string of the molecule is CCCCCOC(=O)COc1cc(N2C(=O)C3=C(CCCC3)C2=O)c(F)cc1Cl.N#Cc1cc(I)c(O)c(I)c1. The van der Waals surface area contributed by atoms with E-state index in [4.69, 9.17) is 26.3 Å². The Hall–Kier alpha value is -2.44. The fraction of sp³-hybridized carbons (Fsp3) is 0.357. The van der Waals surface area contributed by atoms with Gasteiger partial charge in [0.2, 0.25) is 0 Å². The zero-order chi connectivity index (χ0) is 29.4. The lowest BCUT2D eigenvalue weighted by Gasteiger charge is -2.18. The van der Waals surface area contributed by atoms with E-state index in [2.05, 4.69) is 0 Å². The predicted molar refractivity (Wildman–Crippen MR) is 164 cm³/mol. The van der Waals surface area contributed by atoms with Crippen molar-refractivity contribution in [1.29, 1.82) is 5.26 Å². The van der Waals surface area contributed by atoms with Crippen molar-refractivity contribution in [2.24, 2.45) is 0 Å². The van der Waals surface area contributed by atoms with Gasteiger partial charge in [0.1, 0.15) is 17.3 Å². The molecule has 0 saturated heterocycles. The summed E-state index contributed by atoms with van der Waals surface area (Å²) in [6.45, 7) is 1.93. The number of amides is 2. The summed E-state index contributed by atoms with van der Waals surface area (Å²) in [5.74, 6) is -2.15. The van der Waals surface area contributed by atoms with Crippen LogP contribution in [0.2, 0.25) is 5.02 Å². The maximum atomic E-state index is 14.5. The largest absolute Gasteiger partial charge is 0.506 e. The Morgan fingerprint density at radius 3 is 2.25 bits per heavy atom. The molecule has 0 fully saturated rings. The highest BCUT2D eigenvalue weighted by Gasteiger charge is 2.41. The molecule has 1 heterocycles. The monoisotopic (exact) mass is 794 g/mol. The van der Waals surface area contributed by atoms with E-state index in [1.807, 2.05) is 58.2 Å². The molecule has 0 atom stereocenters. The van der Waals surface area contributed by atoms with E-state index in [9.17, 15) is 23.9 Å². The Bertz CT molecular complexity index is 1340. The van der Waals surface area contributed by atoms with Crippen LogP contribution in [0.3, 0.4) is 0 Å². The van der Waals surface area contributed by atoms with Gasteiger partial charge in [-0.15, -0.1) is 0 Å². The van der Waals surface area contributed by atoms with Gasteiger partial charge in [-0.25, -0.2) is 14.1 Å². The quantitative estimate of drug-likeness (QED) is 0.135. The lowest BCUT2D eigenvalue weighted by molar-refractivity contribution is -0.146. The Balaban J connectivity index is 0.000000336. The summed E-state index contributed by atoms with van der Waals surface area (Å²) >= 11 is 10.0. The van der Waals surface area contributed by atoms with Gasteiger partial charge >= 0.3 is 5.97 Å². The third kappa shape index (κ3) is 7.85. The highest BCUT2D eigenvalue weighted by atomic mass is 127. The molecule has 2 aromatic carbocycles. The van der Waals surface area contributed by atoms with Gasteiger partial charge in [-0.2, -0.15) is 5.26 Å². The zero-order valence-electron chi connectivity index (χ0n) is 21.6. The number of nitriles is 1. The van der Waals surface area contributed by atoms with Crippen LogP contribution in [0, 0.1) is 24.3 Å². The first-order chi connectivity index (χ1) is 19.1. The second kappa shape index (κ2) is 15.0. The molecule has 0 unspecified atom stereocenters. The van der Waals surface area contributed by atoms with Crippen LogP contribution in [0.5, 0.6) is 11.5 Å². The summed E-state index contributed by atoms with van der Waals surface area (Å²) in [6, 6.07) is 7.46. The number of halogens is 4. The van der Waals surface area contributed by atoms with Crippen LogP contribution < -0.4 is 9.64 Å². The van der Waals surface area contributed by atoms with Gasteiger partial charge in [0, 0.05) is 17.2 Å². The van der Waals surface area contributed by atoms with Crippen molar-refractivity contribution in [3.63, 3.8) is 0 Å². The molecule has 2 amide bonds. The number of benzene rings is 2. The fourth-order valence-corrected chi connectivity index (χ4v) is 6.08. The highest BCUT2D eigenvalue weighted by Crippen LogP contribution is 2.39. The lowest BCUT2D eigenvalue weighted by Crippen LogP contribution is -2.32. The van der Waals surface area contributed by atoms with E-state index in [1.165, 1.54) is 6.07 Å². The number of carbonyl (C=O) groups excluding carboxylic acids is 3. The van der Waals surface area contributed by atoms with Gasteiger partial charge in [0.15, 0.2) is 6.61 Å². The fourth-order valence-electron chi connectivity index (χ4n) is 4.11. The number of hydrogen-bond acceptors (Lipinski definition) is 7. The van der Waals surface area contributed by atoms with Crippen LogP contribution in [0.25, 0.3) is 0 Å². The molecule has 2 aromatic rings. The molecule has 4 rings (SSSR count). The summed E-state index contributed by atoms with van der Waals surface area (Å²) in [5.41, 5.74) is 1.25. The topological polar surface area (TPSA) is 117 Å². The molecular formula is C28H26ClFI2N2O6. The number of carbonyl (C=O) groups is 3. The summed E-state index contributed by atoms with van der Waals surface area (Å²) in [5, 5.41) is 17.8. The number of imide groups is 1. The molecule has 0 spiro atoms. The molecule has 0 aromatic heterocycles. The second-order valence-electron chi connectivity index (χ2n) is 8.96. The standard InChI is InChI=1S/C21H23ClFNO5.C7H3I2NO/c1-2-3-6-9-28-19(25)12-29-18-11-17(16(23)10-15(18)22)24-20(26)13-7-4-5-8-14(13)21(24)27;8-5-1-4(3-10)2-6(9)7(5)11/h10-11H,2-9,12H2,1H3;1-2,11H. The number of esters is 1. The minimum absolute atomic E-state index is 0.000883. The molecule has 12 heteroatoms. The summed E-state index contributed by atoms with van der Waals surface area (Å²) in [7, 11) is 0. The Morgan fingerprint density at radius 2 is 1.70 bits per heavy atom. The molecule has 0 saturated carbocycles. The lowest BCUT2D eigenvalue weighted by atomic mass is 9.93. The first-order valence-corrected chi connectivity index (χ1v) is 15.1. The van der Waals surface area contributed by atoms with Gasteiger partial charge < -0.3 is 14.6 Å². The van der Waals surface area contributed by atoms with Crippen LogP contribution in [0.1, 0.15) is 57.4 Å². The molecule has 1 N–H and O–H groups in total. The van der Waals surface area contributed by atoms with Gasteiger partial charge in [-0.1, -0.05) is 31.4 Å². The van der Waals surface area contributed by atoms with Crippen LogP contribution in [0.4, 0.5) is 10.1 Å². The Labute approximate surface area is 263 Å². The van der Waals surface area contributed by atoms with Crippen molar-refractivity contribution in [2.45, 2.75) is 51.9 Å². The van der Waals surface area contributed by atoms with E-state index in [1.54, 1.807) is 12.1 Å². The van der Waals surface area contributed by atoms with Crippen LogP contribution >= 0.6 is 56.8 Å². The first kappa shape index (κ1) is 32.1. The smallest absolute Gasteiger partial charge is 0.344 e. The Kier molecular flexibility index (Phi) is 12.0. The molecule has 1 aliphatic carbocycles. The molecule has 1 aliphatic heterocycles. The number of phenols is 1. The van der Waals surface area contributed by atoms with Crippen molar-refractivity contribution < 1.29 is 33.4 Å². The number of ether oxygens (including phenoxy) is 2. The maximum absolute atomic E-state index is 14.5. The van der Waals surface area contributed by atoms with Gasteiger partial charge in [0.05, 0.1) is 36.1 Å². The van der Waals surface area contributed by atoms with E-state index in [0.29, 0.717) is 43.3 Å². The van der Waals surface area contributed by atoms with Crippen LogP contribution in [0.15, 0.2) is 35.4 Å². The molecule has 40 heavy (non-hydrogen) atoms. The minimum atomic E-state index is -0.814. The average molecular weight is 795 g/mol. The highest BCUT2D eigenvalue weighted by molar-refractivity contribution is 14.1. The van der Waals surface area contributed by atoms with Crippen molar-refractivity contribution >= 4 is 80.3 Å². The molecule has 8 nitrogen and oxygen atoms in total. The number of hydrogen-bond donors (Lipinski definition) is 1. The van der Waals surface area contributed by atoms with Gasteiger partial charge in [-0.05, 0) is 95.5 Å². The molecule has 0 bridgehead atoms. The third-order valence-corrected chi connectivity index (χ3v) is 8.08. The van der Waals surface area contributed by atoms with E-state index >= 15 is 0 Å². The van der Waals surface area contributed by atoms with Crippen LogP contribution in [-0.2, 0) is 19.1 Å². The zero-order valence-corrected chi connectivity index (χ0v) is 26.6. The molecular weight excluding hydrogens is 769 g/mol. The summed E-state index contributed by atoms with van der Waals surface area (Å²) in [6.07, 6.45) is 5.40. The van der Waals surface area contributed by atoms with Gasteiger partial charge in [-0.3, -0.25) is 9.59 Å². The number of nitrogens with zero attached hydrogens (tertiary/aromatic N) is 2. The summed E-state index contributed by atoms with van der Waals surface area (Å²) in [4.78, 5) is 38.0. The van der Waals surface area contributed by atoms with Gasteiger partial charge in [0.25, 0.3) is 11.8 Å². The summed E-state index contributed by atoms with van der Waals surface area (Å²) < 4.78 is 26.4. The van der Waals surface area contributed by atoms with E-state index in [0.717, 1.165) is 43.1 Å². The number of unbranched alkanes of at least 4 members (excludes halogenated alkanes) is 2. The number of anilines is 1. The number of phenolic OH excluding ortho intramolecular Hbond substituents is 1. The Morgan fingerprint density at radius 1 is 1.10 bits per heavy atom. The number of rotatable bonds is 8. The minimum Gasteiger partial charge on any atom is -0.506 e. The van der Waals surface area contributed by atoms with E-state index < -0.39 is 30.2 Å². The first-order valence-electron chi connectivity index (χ1n) is 12.5. The molecule has 0 radical (unpaired) electrons. The average Bonchev–Trinajstić information content (AvgIpc) is 3.19. The van der Waals surface area contributed by atoms with Crippen molar-refractivity contribution in [1.82, 2.24) is 0 Å². The third-order valence-electron chi connectivity index (χ3n) is 6.14. The molecule has 212 valence electrons. The van der Waals surface area contributed by atoms with E-state index in [-0.39, 0.29) is 22.2 Å². The van der Waals surface area contributed by atoms with Crippen LogP contribution in [-0.4, -0.2) is 36.1 Å². The number of aromatic hydroxyl groups is 1. The van der Waals surface area contributed by atoms with Crippen molar-refractivity contribution in [2.75, 3.05) is 18.1 Å². The maximum Gasteiger partial charge on any atom is 0.344 e. The normalized spacial score (nSPS) is 14.3. The molecule has 2 aliphatic rings. The predicted octanol–water partition coefficient (Wildman–Crippen LogP) is 6.81. The van der Waals surface area contributed by atoms with Crippen molar-refractivity contribution in [3.8, 4) is 17.6 Å². The van der Waals surface area contributed by atoms with Crippen molar-refractivity contribution in [3.05, 3.63) is 59.0 Å².